The van der Waals surface area contributed by atoms with Gasteiger partial charge in [-0.15, -0.1) is 11.3 Å². The molecule has 3 heterocycles. The zero-order valence-electron chi connectivity index (χ0n) is 13.1. The summed E-state index contributed by atoms with van der Waals surface area (Å²) in [6.07, 6.45) is 3.44. The zero-order valence-corrected chi connectivity index (χ0v) is 13.9. The topological polar surface area (TPSA) is 52.5 Å². The SMILES string of the molecule is Cc1ccsc1CN(C)c1nccc(N2CCCC(O)C2)n1. The summed E-state index contributed by atoms with van der Waals surface area (Å²) in [5.41, 5.74) is 1.31. The van der Waals surface area contributed by atoms with E-state index in [-0.39, 0.29) is 6.10 Å². The van der Waals surface area contributed by atoms with Crippen LogP contribution >= 0.6 is 11.3 Å². The maximum absolute atomic E-state index is 9.83. The van der Waals surface area contributed by atoms with E-state index < -0.39 is 0 Å². The first kappa shape index (κ1) is 15.2. The van der Waals surface area contributed by atoms with Gasteiger partial charge in [0.2, 0.25) is 5.95 Å². The number of anilines is 2. The van der Waals surface area contributed by atoms with Crippen LogP contribution in [-0.4, -0.2) is 41.3 Å². The molecule has 1 N–H and O–H groups in total. The van der Waals surface area contributed by atoms with Crippen LogP contribution in [0, 0.1) is 6.92 Å². The fourth-order valence-electron chi connectivity index (χ4n) is 2.71. The molecule has 1 saturated heterocycles. The fourth-order valence-corrected chi connectivity index (χ4v) is 3.67. The summed E-state index contributed by atoms with van der Waals surface area (Å²) in [5, 5.41) is 11.9. The molecule has 0 amide bonds. The number of aliphatic hydroxyl groups excluding tert-OH is 1. The minimum absolute atomic E-state index is 0.251. The first-order chi connectivity index (χ1) is 10.6. The predicted octanol–water partition coefficient (Wildman–Crippen LogP) is 2.44. The quantitative estimate of drug-likeness (QED) is 0.938. The molecule has 118 valence electrons. The number of piperidine rings is 1. The lowest BCUT2D eigenvalue weighted by atomic mass is 10.1. The molecule has 1 aliphatic heterocycles. The molecule has 6 heteroatoms. The van der Waals surface area contributed by atoms with Crippen LogP contribution in [0.25, 0.3) is 0 Å². The smallest absolute Gasteiger partial charge is 0.227 e. The number of hydrogen-bond donors (Lipinski definition) is 1. The number of aromatic nitrogens is 2. The van der Waals surface area contributed by atoms with E-state index in [1.165, 1.54) is 10.4 Å². The van der Waals surface area contributed by atoms with Gasteiger partial charge in [-0.2, -0.15) is 4.98 Å². The number of aryl methyl sites for hydroxylation is 1. The molecular formula is C16H22N4OS. The van der Waals surface area contributed by atoms with Crippen molar-refractivity contribution in [1.29, 1.82) is 0 Å². The van der Waals surface area contributed by atoms with Crippen molar-refractivity contribution < 1.29 is 5.11 Å². The minimum atomic E-state index is -0.251. The molecule has 1 aliphatic rings. The highest BCUT2D eigenvalue weighted by molar-refractivity contribution is 7.10. The highest BCUT2D eigenvalue weighted by atomic mass is 32.1. The van der Waals surface area contributed by atoms with Gasteiger partial charge < -0.3 is 14.9 Å². The monoisotopic (exact) mass is 318 g/mol. The van der Waals surface area contributed by atoms with E-state index in [0.29, 0.717) is 6.54 Å². The molecule has 0 radical (unpaired) electrons. The van der Waals surface area contributed by atoms with Gasteiger partial charge in [-0.05, 0) is 42.8 Å². The maximum Gasteiger partial charge on any atom is 0.227 e. The second-order valence-corrected chi connectivity index (χ2v) is 6.84. The second-order valence-electron chi connectivity index (χ2n) is 5.84. The van der Waals surface area contributed by atoms with E-state index in [1.807, 2.05) is 13.1 Å². The second kappa shape index (κ2) is 6.62. The van der Waals surface area contributed by atoms with Gasteiger partial charge in [-0.1, -0.05) is 0 Å². The first-order valence-electron chi connectivity index (χ1n) is 7.63. The van der Waals surface area contributed by atoms with Crippen molar-refractivity contribution in [3.63, 3.8) is 0 Å². The van der Waals surface area contributed by atoms with Crippen molar-refractivity contribution in [3.05, 3.63) is 34.2 Å². The molecular weight excluding hydrogens is 296 g/mol. The van der Waals surface area contributed by atoms with Crippen molar-refractivity contribution in [2.24, 2.45) is 0 Å². The van der Waals surface area contributed by atoms with Gasteiger partial charge in [-0.25, -0.2) is 4.98 Å². The molecule has 22 heavy (non-hydrogen) atoms. The van der Waals surface area contributed by atoms with Crippen molar-refractivity contribution >= 4 is 23.1 Å². The van der Waals surface area contributed by atoms with E-state index in [2.05, 4.69) is 38.1 Å². The predicted molar refractivity (Wildman–Crippen MR) is 90.6 cm³/mol. The third kappa shape index (κ3) is 3.39. The van der Waals surface area contributed by atoms with Crippen LogP contribution in [-0.2, 0) is 6.54 Å². The number of β-amino-alcohol motifs (C(OH)–C–C–N with tert-alkyl or cyclic N) is 1. The average Bonchev–Trinajstić information content (AvgIpc) is 2.92. The summed E-state index contributed by atoms with van der Waals surface area (Å²) in [7, 11) is 2.02. The molecule has 0 bridgehead atoms. The van der Waals surface area contributed by atoms with Crippen LogP contribution in [0.3, 0.4) is 0 Å². The van der Waals surface area contributed by atoms with Gasteiger partial charge >= 0.3 is 0 Å². The van der Waals surface area contributed by atoms with Gasteiger partial charge in [0.25, 0.3) is 0 Å². The lowest BCUT2D eigenvalue weighted by Crippen LogP contribution is -2.38. The molecule has 5 nitrogen and oxygen atoms in total. The van der Waals surface area contributed by atoms with Gasteiger partial charge in [0.15, 0.2) is 0 Å². The number of aliphatic hydroxyl groups is 1. The van der Waals surface area contributed by atoms with Crippen LogP contribution in [0.15, 0.2) is 23.7 Å². The number of thiophene rings is 1. The summed E-state index contributed by atoms with van der Waals surface area (Å²) >= 11 is 1.76. The van der Waals surface area contributed by atoms with E-state index in [0.717, 1.165) is 37.7 Å². The largest absolute Gasteiger partial charge is 0.391 e. The lowest BCUT2D eigenvalue weighted by Gasteiger charge is -2.31. The highest BCUT2D eigenvalue weighted by Crippen LogP contribution is 2.22. The maximum atomic E-state index is 9.83. The molecule has 2 aromatic rings. The molecule has 1 atom stereocenters. The van der Waals surface area contributed by atoms with Crippen molar-refractivity contribution in [3.8, 4) is 0 Å². The zero-order chi connectivity index (χ0) is 15.5. The Kier molecular flexibility index (Phi) is 4.59. The molecule has 2 aromatic heterocycles. The molecule has 3 rings (SSSR count). The minimum Gasteiger partial charge on any atom is -0.391 e. The Morgan fingerprint density at radius 3 is 3.05 bits per heavy atom. The Bertz CT molecular complexity index is 630. The molecule has 0 aliphatic carbocycles. The lowest BCUT2D eigenvalue weighted by molar-refractivity contribution is 0.154. The van der Waals surface area contributed by atoms with Gasteiger partial charge in [-0.3, -0.25) is 0 Å². The molecule has 1 fully saturated rings. The van der Waals surface area contributed by atoms with Gasteiger partial charge in [0.05, 0.1) is 12.6 Å². The standard InChI is InChI=1S/C16H22N4OS/c1-12-6-9-22-14(12)11-19(2)16-17-7-5-15(18-16)20-8-3-4-13(21)10-20/h5-7,9,13,21H,3-4,8,10-11H2,1-2H3. The Morgan fingerprint density at radius 1 is 1.45 bits per heavy atom. The highest BCUT2D eigenvalue weighted by Gasteiger charge is 2.19. The first-order valence-corrected chi connectivity index (χ1v) is 8.51. The number of rotatable bonds is 4. The van der Waals surface area contributed by atoms with Crippen LogP contribution in [0.4, 0.5) is 11.8 Å². The van der Waals surface area contributed by atoms with Crippen LogP contribution < -0.4 is 9.80 Å². The van der Waals surface area contributed by atoms with Crippen LogP contribution in [0.1, 0.15) is 23.3 Å². The third-order valence-electron chi connectivity index (χ3n) is 4.04. The van der Waals surface area contributed by atoms with E-state index in [1.54, 1.807) is 17.5 Å². The van der Waals surface area contributed by atoms with Gasteiger partial charge in [0, 0.05) is 31.2 Å². The summed E-state index contributed by atoms with van der Waals surface area (Å²) in [6, 6.07) is 4.06. The summed E-state index contributed by atoms with van der Waals surface area (Å²) in [6.45, 7) is 4.55. The average molecular weight is 318 g/mol. The molecule has 0 saturated carbocycles. The fraction of sp³-hybridized carbons (Fsp3) is 0.500. The van der Waals surface area contributed by atoms with Crippen molar-refractivity contribution in [1.82, 2.24) is 9.97 Å². The Hall–Kier alpha value is -1.66. The van der Waals surface area contributed by atoms with Crippen LogP contribution in [0.5, 0.6) is 0 Å². The molecule has 1 unspecified atom stereocenters. The van der Waals surface area contributed by atoms with Crippen molar-refractivity contribution in [2.75, 3.05) is 29.9 Å². The molecule has 0 aromatic carbocycles. The summed E-state index contributed by atoms with van der Waals surface area (Å²) in [4.78, 5) is 14.6. The van der Waals surface area contributed by atoms with Gasteiger partial charge in [0.1, 0.15) is 5.82 Å². The van der Waals surface area contributed by atoms with Crippen molar-refractivity contribution in [2.45, 2.75) is 32.4 Å². The van der Waals surface area contributed by atoms with E-state index in [4.69, 9.17) is 0 Å². The number of hydrogen-bond acceptors (Lipinski definition) is 6. The normalized spacial score (nSPS) is 18.5. The third-order valence-corrected chi connectivity index (χ3v) is 5.05. The summed E-state index contributed by atoms with van der Waals surface area (Å²) < 4.78 is 0. The Morgan fingerprint density at radius 2 is 2.32 bits per heavy atom. The van der Waals surface area contributed by atoms with E-state index in [9.17, 15) is 5.11 Å². The van der Waals surface area contributed by atoms with E-state index >= 15 is 0 Å². The Balaban J connectivity index is 1.74. The molecule has 0 spiro atoms. The Labute approximate surface area is 135 Å². The van der Waals surface area contributed by atoms with Crippen LogP contribution in [0.2, 0.25) is 0 Å². The summed E-state index contributed by atoms with van der Waals surface area (Å²) in [5.74, 6) is 1.63. The number of nitrogens with zero attached hydrogens (tertiary/aromatic N) is 4.